The Balaban J connectivity index is 1.95. The third-order valence-corrected chi connectivity index (χ3v) is 5.67. The van der Waals surface area contributed by atoms with Gasteiger partial charge in [-0.1, -0.05) is 24.3 Å². The van der Waals surface area contributed by atoms with E-state index in [-0.39, 0.29) is 4.90 Å². The Hall–Kier alpha value is -2.01. The first kappa shape index (κ1) is 15.9. The zero-order valence-electron chi connectivity index (χ0n) is 13.5. The third kappa shape index (κ3) is 3.34. The van der Waals surface area contributed by atoms with Crippen LogP contribution in [0.2, 0.25) is 0 Å². The summed E-state index contributed by atoms with van der Waals surface area (Å²) >= 11 is 0. The Labute approximate surface area is 138 Å². The largest absolute Gasteiger partial charge is 0.371 e. The van der Waals surface area contributed by atoms with Crippen molar-refractivity contribution in [2.24, 2.45) is 0 Å². The predicted octanol–water partition coefficient (Wildman–Crippen LogP) is 3.70. The molecule has 0 bridgehead atoms. The maximum Gasteiger partial charge on any atom is 0.261 e. The van der Waals surface area contributed by atoms with E-state index in [9.17, 15) is 8.42 Å². The van der Waals surface area contributed by atoms with Gasteiger partial charge in [0.25, 0.3) is 10.0 Å². The van der Waals surface area contributed by atoms with Gasteiger partial charge >= 0.3 is 0 Å². The minimum absolute atomic E-state index is 0.280. The molecule has 5 heteroatoms. The van der Waals surface area contributed by atoms with E-state index in [1.54, 1.807) is 24.3 Å². The molecule has 0 atom stereocenters. The topological polar surface area (TPSA) is 49.4 Å². The Bertz CT molecular complexity index is 795. The second-order valence-corrected chi connectivity index (χ2v) is 7.75. The van der Waals surface area contributed by atoms with E-state index in [1.807, 2.05) is 19.1 Å². The highest BCUT2D eigenvalue weighted by Crippen LogP contribution is 2.31. The average molecular weight is 330 g/mol. The van der Waals surface area contributed by atoms with E-state index >= 15 is 0 Å². The second-order valence-electron chi connectivity index (χ2n) is 6.07. The molecule has 122 valence electrons. The van der Waals surface area contributed by atoms with Gasteiger partial charge in [-0.2, -0.15) is 0 Å². The van der Waals surface area contributed by atoms with Gasteiger partial charge in [-0.05, 0) is 56.0 Å². The second kappa shape index (κ2) is 6.24. The van der Waals surface area contributed by atoms with Crippen LogP contribution in [-0.4, -0.2) is 21.5 Å². The first-order valence-electron chi connectivity index (χ1n) is 7.91. The maximum atomic E-state index is 12.5. The van der Waals surface area contributed by atoms with E-state index < -0.39 is 10.0 Å². The molecule has 0 aromatic heterocycles. The van der Waals surface area contributed by atoms with Crippen LogP contribution in [-0.2, 0) is 10.0 Å². The number of hydrogen-bond acceptors (Lipinski definition) is 3. The molecule has 1 N–H and O–H groups in total. The Morgan fingerprint density at radius 3 is 2.26 bits per heavy atom. The van der Waals surface area contributed by atoms with Gasteiger partial charge in [-0.15, -0.1) is 0 Å². The average Bonchev–Trinajstić information content (AvgIpc) is 3.05. The van der Waals surface area contributed by atoms with Crippen LogP contribution in [0.4, 0.5) is 11.4 Å². The molecule has 0 aliphatic carbocycles. The van der Waals surface area contributed by atoms with E-state index in [1.165, 1.54) is 18.4 Å². The Kier molecular flexibility index (Phi) is 4.31. The molecule has 1 heterocycles. The van der Waals surface area contributed by atoms with Gasteiger partial charge in [0.05, 0.1) is 10.6 Å². The summed E-state index contributed by atoms with van der Waals surface area (Å²) in [7, 11) is -3.56. The van der Waals surface area contributed by atoms with Gasteiger partial charge in [0.1, 0.15) is 0 Å². The van der Waals surface area contributed by atoms with Crippen LogP contribution >= 0.6 is 0 Å². The molecule has 0 saturated carbocycles. The molecule has 0 radical (unpaired) electrons. The summed E-state index contributed by atoms with van der Waals surface area (Å²) in [5, 5.41) is 0. The van der Waals surface area contributed by atoms with Crippen molar-refractivity contribution in [2.45, 2.75) is 31.6 Å². The Morgan fingerprint density at radius 2 is 1.61 bits per heavy atom. The van der Waals surface area contributed by atoms with E-state index in [2.05, 4.69) is 22.6 Å². The van der Waals surface area contributed by atoms with Crippen LogP contribution in [0.1, 0.15) is 24.0 Å². The minimum atomic E-state index is -3.56. The third-order valence-electron chi connectivity index (χ3n) is 4.29. The van der Waals surface area contributed by atoms with Crippen LogP contribution in [0.3, 0.4) is 0 Å². The minimum Gasteiger partial charge on any atom is -0.371 e. The Morgan fingerprint density at radius 1 is 0.957 bits per heavy atom. The van der Waals surface area contributed by atoms with Crippen molar-refractivity contribution < 1.29 is 8.42 Å². The number of hydrogen-bond donors (Lipinski definition) is 1. The molecule has 1 fully saturated rings. The standard InChI is InChI=1S/C18H22N2O2S/c1-14-12-15(2)18(20-10-6-7-11-20)13-17(14)19-23(21,22)16-8-4-3-5-9-16/h3-5,8-9,12-13,19H,6-7,10-11H2,1-2H3. The first-order valence-corrected chi connectivity index (χ1v) is 9.40. The number of sulfonamides is 1. The number of aryl methyl sites for hydroxylation is 2. The lowest BCUT2D eigenvalue weighted by atomic mass is 10.1. The summed E-state index contributed by atoms with van der Waals surface area (Å²) in [5.41, 5.74) is 3.90. The number of rotatable bonds is 4. The summed E-state index contributed by atoms with van der Waals surface area (Å²) in [6, 6.07) is 12.5. The van der Waals surface area contributed by atoms with Crippen LogP contribution in [0.15, 0.2) is 47.4 Å². The van der Waals surface area contributed by atoms with Crippen LogP contribution < -0.4 is 9.62 Å². The van der Waals surface area contributed by atoms with E-state index in [4.69, 9.17) is 0 Å². The number of nitrogens with one attached hydrogen (secondary N) is 1. The van der Waals surface area contributed by atoms with Gasteiger partial charge in [0.15, 0.2) is 0 Å². The molecule has 4 nitrogen and oxygen atoms in total. The fourth-order valence-electron chi connectivity index (χ4n) is 3.05. The summed E-state index contributed by atoms with van der Waals surface area (Å²) in [5.74, 6) is 0. The van der Waals surface area contributed by atoms with Crippen molar-refractivity contribution in [3.63, 3.8) is 0 Å². The van der Waals surface area contributed by atoms with Gasteiger partial charge in [0.2, 0.25) is 0 Å². The van der Waals surface area contributed by atoms with Crippen molar-refractivity contribution in [3.05, 3.63) is 53.6 Å². The fraction of sp³-hybridized carbons (Fsp3) is 0.333. The van der Waals surface area contributed by atoms with Crippen LogP contribution in [0.25, 0.3) is 0 Å². The molecule has 2 aromatic rings. The first-order chi connectivity index (χ1) is 11.0. The lowest BCUT2D eigenvalue weighted by molar-refractivity contribution is 0.601. The van der Waals surface area contributed by atoms with E-state index in [0.29, 0.717) is 5.69 Å². The van der Waals surface area contributed by atoms with Crippen LogP contribution in [0, 0.1) is 13.8 Å². The molecular formula is C18H22N2O2S. The highest BCUT2D eigenvalue weighted by atomic mass is 32.2. The van der Waals surface area contributed by atoms with Crippen molar-refractivity contribution in [1.29, 1.82) is 0 Å². The molecule has 1 aliphatic heterocycles. The van der Waals surface area contributed by atoms with E-state index in [0.717, 1.165) is 24.3 Å². The molecule has 23 heavy (non-hydrogen) atoms. The monoisotopic (exact) mass is 330 g/mol. The number of benzene rings is 2. The number of nitrogens with zero attached hydrogens (tertiary/aromatic N) is 1. The molecule has 3 rings (SSSR count). The lowest BCUT2D eigenvalue weighted by Crippen LogP contribution is -2.20. The van der Waals surface area contributed by atoms with Gasteiger partial charge in [-0.25, -0.2) is 8.42 Å². The van der Waals surface area contributed by atoms with Gasteiger partial charge < -0.3 is 4.90 Å². The molecule has 1 saturated heterocycles. The highest BCUT2D eigenvalue weighted by molar-refractivity contribution is 7.92. The van der Waals surface area contributed by atoms with Crippen molar-refractivity contribution in [2.75, 3.05) is 22.7 Å². The zero-order valence-corrected chi connectivity index (χ0v) is 14.4. The summed E-state index contributed by atoms with van der Waals surface area (Å²) in [6.45, 7) is 6.09. The highest BCUT2D eigenvalue weighted by Gasteiger charge is 2.19. The summed E-state index contributed by atoms with van der Waals surface area (Å²) < 4.78 is 27.8. The van der Waals surface area contributed by atoms with Crippen molar-refractivity contribution in [1.82, 2.24) is 0 Å². The lowest BCUT2D eigenvalue weighted by Gasteiger charge is -2.22. The summed E-state index contributed by atoms with van der Waals surface area (Å²) in [6.07, 6.45) is 2.39. The predicted molar refractivity (Wildman–Crippen MR) is 94.6 cm³/mol. The normalized spacial score (nSPS) is 15.0. The molecule has 0 amide bonds. The SMILES string of the molecule is Cc1cc(C)c(N2CCCC2)cc1NS(=O)(=O)c1ccccc1. The fourth-order valence-corrected chi connectivity index (χ4v) is 4.20. The number of anilines is 2. The van der Waals surface area contributed by atoms with Gasteiger partial charge in [0, 0.05) is 18.8 Å². The summed E-state index contributed by atoms with van der Waals surface area (Å²) in [4.78, 5) is 2.61. The van der Waals surface area contributed by atoms with Crippen molar-refractivity contribution in [3.8, 4) is 0 Å². The van der Waals surface area contributed by atoms with Gasteiger partial charge in [-0.3, -0.25) is 4.72 Å². The van der Waals surface area contributed by atoms with Crippen molar-refractivity contribution >= 4 is 21.4 Å². The zero-order chi connectivity index (χ0) is 16.4. The molecule has 2 aromatic carbocycles. The smallest absolute Gasteiger partial charge is 0.261 e. The van der Waals surface area contributed by atoms with Crippen LogP contribution in [0.5, 0.6) is 0 Å². The quantitative estimate of drug-likeness (QED) is 0.930. The molecular weight excluding hydrogens is 308 g/mol. The molecule has 1 aliphatic rings. The molecule has 0 spiro atoms. The molecule has 0 unspecified atom stereocenters. The maximum absolute atomic E-state index is 12.5.